The van der Waals surface area contributed by atoms with E-state index in [2.05, 4.69) is 9.71 Å². The van der Waals surface area contributed by atoms with Crippen molar-refractivity contribution in [2.45, 2.75) is 50.8 Å². The number of nitrogens with zero attached hydrogens (tertiary/aromatic N) is 2. The van der Waals surface area contributed by atoms with Crippen molar-refractivity contribution in [2.24, 2.45) is 0 Å². The van der Waals surface area contributed by atoms with Crippen LogP contribution in [0.15, 0.2) is 24.4 Å². The molecule has 0 unspecified atom stereocenters. The first-order valence-corrected chi connectivity index (χ1v) is 12.4. The summed E-state index contributed by atoms with van der Waals surface area (Å²) in [6.07, 6.45) is 3.49. The van der Waals surface area contributed by atoms with Crippen LogP contribution in [-0.4, -0.2) is 55.7 Å². The van der Waals surface area contributed by atoms with Crippen molar-refractivity contribution in [1.82, 2.24) is 14.6 Å². The van der Waals surface area contributed by atoms with Gasteiger partial charge in [-0.15, -0.1) is 0 Å². The first-order valence-electron chi connectivity index (χ1n) is 10.8. The Bertz CT molecular complexity index is 1140. The number of fused-ring (bicyclic) bond motifs is 1. The summed E-state index contributed by atoms with van der Waals surface area (Å²) in [5, 5.41) is -0.600. The molecule has 0 saturated carbocycles. The Morgan fingerprint density at radius 2 is 2.00 bits per heavy atom. The number of amides is 1. The number of methoxy groups -OCH3 is 1. The number of halogens is 1. The van der Waals surface area contributed by atoms with Crippen LogP contribution in [-0.2, 0) is 34.1 Å². The zero-order valence-electron chi connectivity index (χ0n) is 18.5. The summed E-state index contributed by atoms with van der Waals surface area (Å²) in [7, 11) is -2.27. The molecule has 1 aliphatic heterocycles. The Kier molecular flexibility index (Phi) is 6.22. The molecule has 4 rings (SSSR count). The number of rotatable bonds is 7. The zero-order chi connectivity index (χ0) is 23.0. The fourth-order valence-electron chi connectivity index (χ4n) is 4.48. The number of aromatic nitrogens is 1. The Labute approximate surface area is 188 Å². The Balaban J connectivity index is 1.62. The maximum Gasteiger partial charge on any atom is 0.240 e. The molecule has 1 aromatic heterocycles. The van der Waals surface area contributed by atoms with Gasteiger partial charge in [-0.1, -0.05) is 0 Å². The molecule has 2 aromatic rings. The van der Waals surface area contributed by atoms with Gasteiger partial charge in [-0.25, -0.2) is 17.8 Å². The summed E-state index contributed by atoms with van der Waals surface area (Å²) in [4.78, 5) is 19.0. The number of nitrogens with one attached hydrogen (secondary N) is 1. The van der Waals surface area contributed by atoms with Gasteiger partial charge in [0.1, 0.15) is 11.1 Å². The Morgan fingerprint density at radius 1 is 1.28 bits per heavy atom. The van der Waals surface area contributed by atoms with Crippen molar-refractivity contribution < 1.29 is 22.3 Å². The third kappa shape index (κ3) is 4.36. The van der Waals surface area contributed by atoms with Crippen LogP contribution in [0, 0.1) is 5.82 Å². The number of likely N-dealkylation sites (tertiary alicyclic amines) is 1. The average molecular weight is 462 g/mol. The molecule has 9 heteroatoms. The number of hydrogen-bond acceptors (Lipinski definition) is 6. The highest BCUT2D eigenvalue weighted by atomic mass is 32.2. The molecular formula is C23H28FN3O4S. The molecule has 0 radical (unpaired) electrons. The number of pyridine rings is 1. The molecule has 1 N–H and O–H groups in total. The van der Waals surface area contributed by atoms with Crippen molar-refractivity contribution in [3.8, 4) is 17.0 Å². The molecule has 1 amide bonds. The van der Waals surface area contributed by atoms with Gasteiger partial charge in [0, 0.05) is 31.4 Å². The largest absolute Gasteiger partial charge is 0.481 e. The normalized spacial score (nSPS) is 16.7. The van der Waals surface area contributed by atoms with E-state index in [1.165, 1.54) is 13.2 Å². The molecule has 0 spiro atoms. The first kappa shape index (κ1) is 22.7. The van der Waals surface area contributed by atoms with Crippen molar-refractivity contribution in [2.75, 3.05) is 20.2 Å². The molecule has 2 heterocycles. The van der Waals surface area contributed by atoms with E-state index in [0.717, 1.165) is 12.0 Å². The number of sulfonamides is 1. The van der Waals surface area contributed by atoms with Gasteiger partial charge >= 0.3 is 0 Å². The molecule has 172 valence electrons. The molecule has 1 saturated heterocycles. The molecule has 2 aliphatic rings. The summed E-state index contributed by atoms with van der Waals surface area (Å²) in [5.74, 6) is -0.527. The van der Waals surface area contributed by atoms with Crippen LogP contribution in [0.5, 0.6) is 5.88 Å². The molecule has 1 aliphatic carbocycles. The van der Waals surface area contributed by atoms with Gasteiger partial charge < -0.3 is 4.74 Å². The number of hydrogen-bond donors (Lipinski definition) is 1. The third-order valence-electron chi connectivity index (χ3n) is 6.36. The van der Waals surface area contributed by atoms with E-state index < -0.39 is 21.2 Å². The molecule has 0 atom stereocenters. The number of carbonyl (C=O) groups excluding carboxylic acids is 1. The van der Waals surface area contributed by atoms with Crippen LogP contribution < -0.4 is 9.46 Å². The van der Waals surface area contributed by atoms with Gasteiger partial charge in [0.25, 0.3) is 0 Å². The van der Waals surface area contributed by atoms with Gasteiger partial charge in [0.05, 0.1) is 13.5 Å². The topological polar surface area (TPSA) is 88.6 Å². The van der Waals surface area contributed by atoms with Crippen LogP contribution in [0.1, 0.15) is 37.0 Å². The summed E-state index contributed by atoms with van der Waals surface area (Å²) in [6, 6.07) is 5.11. The second kappa shape index (κ2) is 8.78. The van der Waals surface area contributed by atoms with Gasteiger partial charge in [-0.3, -0.25) is 14.4 Å². The monoisotopic (exact) mass is 461 g/mol. The number of ether oxygens (including phenoxy) is 1. The second-order valence-electron chi connectivity index (χ2n) is 8.70. The van der Waals surface area contributed by atoms with Crippen LogP contribution in [0.2, 0.25) is 0 Å². The average Bonchev–Trinajstić information content (AvgIpc) is 3.18. The third-order valence-corrected chi connectivity index (χ3v) is 8.05. The van der Waals surface area contributed by atoms with Gasteiger partial charge in [0.15, 0.2) is 0 Å². The fraction of sp³-hybridized carbons (Fsp3) is 0.478. The first-order chi connectivity index (χ1) is 15.2. The predicted octanol–water partition coefficient (Wildman–Crippen LogP) is 2.47. The maximum atomic E-state index is 14.8. The lowest BCUT2D eigenvalue weighted by Gasteiger charge is -2.41. The van der Waals surface area contributed by atoms with E-state index in [1.807, 2.05) is 18.7 Å². The number of carbonyl (C=O) groups is 1. The molecule has 1 fully saturated rings. The van der Waals surface area contributed by atoms with Crippen molar-refractivity contribution >= 4 is 15.9 Å². The summed E-state index contributed by atoms with van der Waals surface area (Å²) < 4.78 is 47.6. The van der Waals surface area contributed by atoms with E-state index in [0.29, 0.717) is 54.1 Å². The van der Waals surface area contributed by atoms with Gasteiger partial charge in [-0.05, 0) is 73.1 Å². The minimum absolute atomic E-state index is 0.136. The molecule has 1 aromatic carbocycles. The molecule has 7 nitrogen and oxygen atoms in total. The molecular weight excluding hydrogens is 433 g/mol. The predicted molar refractivity (Wildman–Crippen MR) is 119 cm³/mol. The van der Waals surface area contributed by atoms with Gasteiger partial charge in [0.2, 0.25) is 21.8 Å². The highest BCUT2D eigenvalue weighted by molar-refractivity contribution is 7.90. The maximum absolute atomic E-state index is 14.8. The lowest BCUT2D eigenvalue weighted by molar-refractivity contribution is -0.118. The van der Waals surface area contributed by atoms with Crippen LogP contribution in [0.4, 0.5) is 4.39 Å². The lowest BCUT2D eigenvalue weighted by Crippen LogP contribution is -2.60. The molecule has 0 bridgehead atoms. The van der Waals surface area contributed by atoms with Crippen molar-refractivity contribution in [3.05, 3.63) is 46.9 Å². The fourth-order valence-corrected chi connectivity index (χ4v) is 5.81. The minimum atomic E-state index is -3.76. The smallest absolute Gasteiger partial charge is 0.240 e. The second-order valence-corrected chi connectivity index (χ2v) is 10.7. The van der Waals surface area contributed by atoms with E-state index in [-0.39, 0.29) is 18.3 Å². The summed E-state index contributed by atoms with van der Waals surface area (Å²) in [5.41, 5.74) is 3.32. The highest BCUT2D eigenvalue weighted by Crippen LogP contribution is 2.36. The summed E-state index contributed by atoms with van der Waals surface area (Å²) in [6.45, 7) is 4.83. The summed E-state index contributed by atoms with van der Waals surface area (Å²) >= 11 is 0. The van der Waals surface area contributed by atoms with Gasteiger partial charge in [-0.2, -0.15) is 0 Å². The van der Waals surface area contributed by atoms with Crippen LogP contribution >= 0.6 is 0 Å². The zero-order valence-corrected chi connectivity index (χ0v) is 19.3. The highest BCUT2D eigenvalue weighted by Gasteiger charge is 2.39. The molecule has 32 heavy (non-hydrogen) atoms. The van der Waals surface area contributed by atoms with Crippen molar-refractivity contribution in [3.63, 3.8) is 0 Å². The van der Waals surface area contributed by atoms with E-state index >= 15 is 0 Å². The van der Waals surface area contributed by atoms with Crippen LogP contribution in [0.25, 0.3) is 11.1 Å². The van der Waals surface area contributed by atoms with Crippen LogP contribution in [0.3, 0.4) is 0 Å². The minimum Gasteiger partial charge on any atom is -0.481 e. The van der Waals surface area contributed by atoms with E-state index in [1.54, 1.807) is 18.3 Å². The Morgan fingerprint density at radius 3 is 2.69 bits per heavy atom. The number of benzene rings is 1. The van der Waals surface area contributed by atoms with E-state index in [9.17, 15) is 17.6 Å². The van der Waals surface area contributed by atoms with Crippen molar-refractivity contribution in [1.29, 1.82) is 0 Å². The lowest BCUT2D eigenvalue weighted by atomic mass is 9.91. The standard InChI is InChI=1S/C23H28FN3O4S/c1-14(2)27-12-16(13-27)32(29,30)26-22(28)11-20-17-5-4-6-18(17)21(24)10-19(20)15-7-8-25-23(9-15)31-3/h7-10,14,16H,4-6,11-13H2,1-3H3,(H,26,28). The van der Waals surface area contributed by atoms with E-state index in [4.69, 9.17) is 4.74 Å². The SMILES string of the molecule is COc1cc(-c2cc(F)c3c(c2CC(=O)NS(=O)(=O)C2CN(C(C)C)C2)CCC3)ccn1. The quantitative estimate of drug-likeness (QED) is 0.682. The Hall–Kier alpha value is -2.52.